The zero-order valence-electron chi connectivity index (χ0n) is 9.42. The lowest BCUT2D eigenvalue weighted by atomic mass is 10.1. The van der Waals surface area contributed by atoms with Crippen molar-refractivity contribution in [2.75, 3.05) is 19.6 Å². The molecule has 0 spiro atoms. The molecular formula is C12H21N3. The minimum Gasteiger partial charge on any atom is -0.317 e. The molecule has 0 aliphatic carbocycles. The average molecular weight is 207 g/mol. The van der Waals surface area contributed by atoms with Crippen molar-refractivity contribution in [3.63, 3.8) is 0 Å². The molecule has 1 rings (SSSR count). The van der Waals surface area contributed by atoms with Gasteiger partial charge in [-0.15, -0.1) is 0 Å². The Kier molecular flexibility index (Phi) is 6.00. The summed E-state index contributed by atoms with van der Waals surface area (Å²) in [6.07, 6.45) is 2.09. The summed E-state index contributed by atoms with van der Waals surface area (Å²) in [5, 5.41) is 3.32. The summed E-state index contributed by atoms with van der Waals surface area (Å²) in [7, 11) is 0. The van der Waals surface area contributed by atoms with Gasteiger partial charge in [0.15, 0.2) is 0 Å². The molecule has 3 nitrogen and oxygen atoms in total. The van der Waals surface area contributed by atoms with Crippen LogP contribution in [0.4, 0.5) is 0 Å². The molecule has 0 saturated carbocycles. The van der Waals surface area contributed by atoms with E-state index in [1.54, 1.807) is 0 Å². The lowest BCUT2D eigenvalue weighted by molar-refractivity contribution is 0.715. The van der Waals surface area contributed by atoms with Gasteiger partial charge in [-0.3, -0.25) is 11.3 Å². The molecule has 0 amide bonds. The van der Waals surface area contributed by atoms with E-state index in [-0.39, 0.29) is 0 Å². The van der Waals surface area contributed by atoms with E-state index in [2.05, 4.69) is 41.9 Å². The summed E-state index contributed by atoms with van der Waals surface area (Å²) in [4.78, 5) is 0. The van der Waals surface area contributed by atoms with Crippen LogP contribution in [0.1, 0.15) is 18.1 Å². The first kappa shape index (κ1) is 12.2. The molecule has 15 heavy (non-hydrogen) atoms. The number of likely N-dealkylation sites (N-methyl/N-ethyl adjacent to an activating group) is 1. The molecule has 0 aliphatic heterocycles. The van der Waals surface area contributed by atoms with Crippen LogP contribution in [-0.2, 0) is 12.8 Å². The predicted octanol–water partition coefficient (Wildman–Crippen LogP) is 0.844. The summed E-state index contributed by atoms with van der Waals surface area (Å²) in [6, 6.07) is 8.75. The van der Waals surface area contributed by atoms with Crippen molar-refractivity contribution < 1.29 is 0 Å². The Morgan fingerprint density at radius 2 is 1.53 bits per heavy atom. The minimum absolute atomic E-state index is 0.830. The van der Waals surface area contributed by atoms with Crippen molar-refractivity contribution in [2.24, 2.45) is 5.84 Å². The van der Waals surface area contributed by atoms with Gasteiger partial charge in [0.05, 0.1) is 0 Å². The smallest absolute Gasteiger partial charge is 0.0138 e. The monoisotopic (exact) mass is 207 g/mol. The van der Waals surface area contributed by atoms with Crippen molar-refractivity contribution >= 4 is 0 Å². The number of nitrogens with one attached hydrogen (secondary N) is 2. The SMILES string of the molecule is CCNCCc1ccc(CCNN)cc1. The van der Waals surface area contributed by atoms with Crippen LogP contribution in [0, 0.1) is 0 Å². The lowest BCUT2D eigenvalue weighted by Gasteiger charge is -2.04. The van der Waals surface area contributed by atoms with E-state index < -0.39 is 0 Å². The van der Waals surface area contributed by atoms with E-state index in [9.17, 15) is 0 Å². The molecular weight excluding hydrogens is 186 g/mol. The highest BCUT2D eigenvalue weighted by Crippen LogP contribution is 2.05. The first-order valence-corrected chi connectivity index (χ1v) is 5.58. The van der Waals surface area contributed by atoms with Gasteiger partial charge >= 0.3 is 0 Å². The normalized spacial score (nSPS) is 10.5. The quantitative estimate of drug-likeness (QED) is 0.353. The Morgan fingerprint density at radius 3 is 2.00 bits per heavy atom. The molecule has 1 aromatic rings. The number of benzene rings is 1. The number of hydrazine groups is 1. The standard InChI is InChI=1S/C12H21N3/c1-2-14-9-7-11-3-5-12(6-4-11)8-10-15-13/h3-6,14-15H,2,7-10,13H2,1H3. The van der Waals surface area contributed by atoms with Gasteiger partial charge in [-0.25, -0.2) is 0 Å². The predicted molar refractivity (Wildman–Crippen MR) is 64.6 cm³/mol. The first-order valence-electron chi connectivity index (χ1n) is 5.58. The van der Waals surface area contributed by atoms with Gasteiger partial charge in [0.2, 0.25) is 0 Å². The van der Waals surface area contributed by atoms with Crippen molar-refractivity contribution in [2.45, 2.75) is 19.8 Å². The lowest BCUT2D eigenvalue weighted by Crippen LogP contribution is -2.24. The second-order valence-corrected chi connectivity index (χ2v) is 3.62. The summed E-state index contributed by atoms with van der Waals surface area (Å²) in [5.74, 6) is 5.23. The highest BCUT2D eigenvalue weighted by Gasteiger charge is 1.94. The van der Waals surface area contributed by atoms with Crippen LogP contribution in [0.3, 0.4) is 0 Å². The topological polar surface area (TPSA) is 50.1 Å². The molecule has 0 atom stereocenters. The van der Waals surface area contributed by atoms with Gasteiger partial charge in [0.1, 0.15) is 0 Å². The molecule has 0 fully saturated rings. The minimum atomic E-state index is 0.830. The maximum Gasteiger partial charge on any atom is 0.0138 e. The zero-order chi connectivity index (χ0) is 10.9. The van der Waals surface area contributed by atoms with Gasteiger partial charge in [0, 0.05) is 6.54 Å². The largest absolute Gasteiger partial charge is 0.317 e. The van der Waals surface area contributed by atoms with Crippen LogP contribution in [0.5, 0.6) is 0 Å². The van der Waals surface area contributed by atoms with Crippen LogP contribution in [0.25, 0.3) is 0 Å². The van der Waals surface area contributed by atoms with Crippen molar-refractivity contribution in [1.29, 1.82) is 0 Å². The molecule has 0 aliphatic rings. The van der Waals surface area contributed by atoms with Crippen LogP contribution in [-0.4, -0.2) is 19.6 Å². The van der Waals surface area contributed by atoms with Crippen molar-refractivity contribution in [1.82, 2.24) is 10.7 Å². The molecule has 0 aromatic heterocycles. The molecule has 0 saturated heterocycles. The van der Waals surface area contributed by atoms with Crippen LogP contribution < -0.4 is 16.6 Å². The third-order valence-electron chi connectivity index (χ3n) is 2.42. The molecule has 0 heterocycles. The Labute approximate surface area is 92.0 Å². The number of hydrogen-bond donors (Lipinski definition) is 3. The Hall–Kier alpha value is -0.900. The van der Waals surface area contributed by atoms with E-state index in [4.69, 9.17) is 5.84 Å². The van der Waals surface area contributed by atoms with Crippen LogP contribution >= 0.6 is 0 Å². The molecule has 84 valence electrons. The van der Waals surface area contributed by atoms with Crippen molar-refractivity contribution in [3.05, 3.63) is 35.4 Å². The van der Waals surface area contributed by atoms with Gasteiger partial charge in [-0.2, -0.15) is 0 Å². The summed E-state index contributed by atoms with van der Waals surface area (Å²) >= 11 is 0. The molecule has 1 aromatic carbocycles. The van der Waals surface area contributed by atoms with Gasteiger partial charge in [-0.1, -0.05) is 31.2 Å². The molecule has 4 N–H and O–H groups in total. The maximum atomic E-state index is 5.23. The first-order chi connectivity index (χ1) is 7.36. The number of rotatable bonds is 7. The average Bonchev–Trinajstić information content (AvgIpc) is 2.28. The fraction of sp³-hybridized carbons (Fsp3) is 0.500. The molecule has 0 radical (unpaired) electrons. The van der Waals surface area contributed by atoms with E-state index >= 15 is 0 Å². The van der Waals surface area contributed by atoms with Gasteiger partial charge in [-0.05, 0) is 37.1 Å². The Bertz CT molecular complexity index is 256. The third-order valence-corrected chi connectivity index (χ3v) is 2.42. The highest BCUT2D eigenvalue weighted by atomic mass is 15.2. The molecule has 0 bridgehead atoms. The third kappa shape index (κ3) is 4.93. The number of nitrogens with two attached hydrogens (primary N) is 1. The summed E-state index contributed by atoms with van der Waals surface area (Å²) in [6.45, 7) is 5.06. The van der Waals surface area contributed by atoms with Gasteiger partial charge < -0.3 is 5.32 Å². The highest BCUT2D eigenvalue weighted by molar-refractivity contribution is 5.23. The summed E-state index contributed by atoms with van der Waals surface area (Å²) < 4.78 is 0. The van der Waals surface area contributed by atoms with Crippen LogP contribution in [0.15, 0.2) is 24.3 Å². The number of hydrogen-bond acceptors (Lipinski definition) is 3. The fourth-order valence-corrected chi connectivity index (χ4v) is 1.50. The maximum absolute atomic E-state index is 5.23. The molecule has 0 unspecified atom stereocenters. The zero-order valence-corrected chi connectivity index (χ0v) is 9.42. The van der Waals surface area contributed by atoms with E-state index in [0.717, 1.165) is 32.5 Å². The Balaban J connectivity index is 2.35. The molecule has 3 heteroatoms. The van der Waals surface area contributed by atoms with E-state index in [1.165, 1.54) is 11.1 Å². The van der Waals surface area contributed by atoms with E-state index in [0.29, 0.717) is 0 Å². The van der Waals surface area contributed by atoms with Gasteiger partial charge in [0.25, 0.3) is 0 Å². The second-order valence-electron chi connectivity index (χ2n) is 3.62. The van der Waals surface area contributed by atoms with E-state index in [1.807, 2.05) is 0 Å². The fourth-order valence-electron chi connectivity index (χ4n) is 1.50. The Morgan fingerprint density at radius 1 is 1.00 bits per heavy atom. The van der Waals surface area contributed by atoms with Crippen LogP contribution in [0.2, 0.25) is 0 Å². The second kappa shape index (κ2) is 7.40. The van der Waals surface area contributed by atoms with Crippen molar-refractivity contribution in [3.8, 4) is 0 Å². The summed E-state index contributed by atoms with van der Waals surface area (Å²) in [5.41, 5.74) is 5.39.